The summed E-state index contributed by atoms with van der Waals surface area (Å²) in [4.78, 5) is 86.4. The molecule has 0 bridgehead atoms. The van der Waals surface area contributed by atoms with E-state index in [-0.39, 0.29) is 53.4 Å². The number of allylic oxidation sites excluding steroid dienone is 2. The Labute approximate surface area is 416 Å². The molecular formula is C42H48BF2N11O16P2. The Morgan fingerprint density at radius 1 is 0.919 bits per heavy atom. The van der Waals surface area contributed by atoms with Gasteiger partial charge in [-0.15, -0.1) is 0 Å². The van der Waals surface area contributed by atoms with Crippen molar-refractivity contribution in [2.75, 3.05) is 24.7 Å². The second-order valence-corrected chi connectivity index (χ2v) is 20.3. The number of phosphoric ester groups is 2. The third-order valence-electron chi connectivity index (χ3n) is 12.6. The maximum Gasteiger partial charge on any atom is 0.737 e. The van der Waals surface area contributed by atoms with E-state index in [0.717, 1.165) is 32.1 Å². The molecule has 4 aliphatic rings. The topological polar surface area (TPSA) is 375 Å². The first-order valence-corrected chi connectivity index (χ1v) is 25.6. The van der Waals surface area contributed by atoms with Crippen LogP contribution >= 0.6 is 15.6 Å². The monoisotopic (exact) mass is 1070 g/mol. The van der Waals surface area contributed by atoms with Crippen molar-refractivity contribution in [2.24, 2.45) is 0 Å². The molecule has 0 saturated carbocycles. The van der Waals surface area contributed by atoms with Crippen LogP contribution in [0.25, 0.3) is 17.2 Å². The van der Waals surface area contributed by atoms with Crippen LogP contribution in [-0.2, 0) is 59.3 Å². The number of nitrogens with one attached hydrogen (secondary N) is 1. The van der Waals surface area contributed by atoms with E-state index in [0.29, 0.717) is 22.5 Å². The number of imidazole rings is 1. The van der Waals surface area contributed by atoms with Gasteiger partial charge >= 0.3 is 34.3 Å². The number of carbonyl (C=O) groups excluding carboxylic acids is 2. The van der Waals surface area contributed by atoms with E-state index in [2.05, 4.69) is 29.8 Å². The first kappa shape index (κ1) is 52.5. The number of hydrogen-bond acceptors (Lipinski definition) is 19. The van der Waals surface area contributed by atoms with Gasteiger partial charge in [-0.25, -0.2) is 33.7 Å². The van der Waals surface area contributed by atoms with Crippen molar-refractivity contribution in [3.05, 3.63) is 112 Å². The Balaban J connectivity index is 0.949. The zero-order valence-corrected chi connectivity index (χ0v) is 40.7. The molecule has 1 unspecified atom stereocenters. The molecular weight excluding hydrogens is 1030 g/mol. The van der Waals surface area contributed by atoms with Gasteiger partial charge in [-0.1, -0.05) is 30.3 Å². The second kappa shape index (κ2) is 20.4. The van der Waals surface area contributed by atoms with Gasteiger partial charge in [-0.3, -0.25) is 27.5 Å². The minimum atomic E-state index is -5.50. The summed E-state index contributed by atoms with van der Waals surface area (Å²) in [7, 11) is -10.7. The SMILES string of the molecule is CC1=CC(C)=[N+]2C1=Cc1ccc(CCC(=O)N[C@@H](Cc3ccccc3)C(=O)O[C@H]3[C@@H](O)[C@H](n4cnc5c(N)ncnc54)O[C@@H]3COP(=O)(O)O[C@H]3[C@@H](O)[C@H](n4ccc(N)nc4=O)O[C@@H]3COP(=O)(O)O)n1[B-]2(F)F. The standard InChI is InChI=1S/C42H48BF2N11O16P2/c1-21-14-22(2)55-27(21)16-25-9-8-24(56(25)43(55,44)45)10-11-31(57)51-26(15-23-6-4-3-5-7-23)41(60)71-35-28(69-40(33(35)58)54-20-50-32-37(47)48-19-49-38(32)54)18-68-74(65,66)72-36-29(17-67-73(62,63)64)70-39(34(36)59)53-13-12-30(46)52-42(53)61/h3-9,12-14,16,19-20,26,28-29,33-36,39-40,58-59H,10-11,15,17-18H2,1-2H3,(H,51,57)(H,65,66)(H2,46,52,61)(H2,47,48,49)(H2,62,63,64)/t26-,28+,29+,33+,34+,35+,36+,39+,40+/m0/s1. The van der Waals surface area contributed by atoms with Crippen LogP contribution in [0.3, 0.4) is 0 Å². The lowest BCUT2D eigenvalue weighted by atomic mass is 9.89. The van der Waals surface area contributed by atoms with Crippen molar-refractivity contribution in [3.8, 4) is 0 Å². The molecule has 0 aliphatic carbocycles. The van der Waals surface area contributed by atoms with Gasteiger partial charge in [-0.05, 0) is 42.8 Å². The number of aromatic nitrogens is 7. The molecule has 10 atom stereocenters. The Bertz CT molecular complexity index is 3260. The van der Waals surface area contributed by atoms with Crippen LogP contribution in [0.1, 0.15) is 49.7 Å². The Morgan fingerprint density at radius 3 is 2.32 bits per heavy atom. The Morgan fingerprint density at radius 2 is 1.61 bits per heavy atom. The summed E-state index contributed by atoms with van der Waals surface area (Å²) in [5.41, 5.74) is 13.0. The van der Waals surface area contributed by atoms with Gasteiger partial charge in [0.25, 0.3) is 0 Å². The van der Waals surface area contributed by atoms with Crippen molar-refractivity contribution in [3.63, 3.8) is 0 Å². The maximum absolute atomic E-state index is 16.2. The van der Waals surface area contributed by atoms with Gasteiger partial charge in [0.2, 0.25) is 5.91 Å². The third kappa shape index (κ3) is 10.6. The molecule has 394 valence electrons. The number of hydrogen-bond donors (Lipinski definition) is 8. The minimum absolute atomic E-state index is 0.0440. The molecule has 0 spiro atoms. The number of halogens is 2. The number of nitrogen functional groups attached to an aromatic ring is 2. The lowest BCUT2D eigenvalue weighted by Crippen LogP contribution is -2.50. The number of esters is 1. The van der Waals surface area contributed by atoms with Crippen LogP contribution in [0.2, 0.25) is 0 Å². The largest absolute Gasteiger partial charge is 0.737 e. The summed E-state index contributed by atoms with van der Waals surface area (Å²) < 4.78 is 94.3. The van der Waals surface area contributed by atoms with Crippen molar-refractivity contribution in [1.29, 1.82) is 0 Å². The molecule has 27 nitrogen and oxygen atoms in total. The number of amides is 1. The fourth-order valence-corrected chi connectivity index (χ4v) is 10.6. The van der Waals surface area contributed by atoms with E-state index in [1.807, 2.05) is 0 Å². The number of anilines is 2. The molecule has 1 amide bonds. The summed E-state index contributed by atoms with van der Waals surface area (Å²) >= 11 is 0. The van der Waals surface area contributed by atoms with E-state index in [1.165, 1.54) is 23.0 Å². The highest BCUT2D eigenvalue weighted by Gasteiger charge is 2.54. The molecule has 74 heavy (non-hydrogen) atoms. The van der Waals surface area contributed by atoms with Gasteiger partial charge in [0.1, 0.15) is 59.9 Å². The Kier molecular flexibility index (Phi) is 14.4. The van der Waals surface area contributed by atoms with Gasteiger partial charge in [-0.2, -0.15) is 4.98 Å². The number of nitrogens with zero attached hydrogens (tertiary/aromatic N) is 8. The normalized spacial score (nSPS) is 25.5. The molecule has 4 aliphatic heterocycles. The number of benzene rings is 1. The summed E-state index contributed by atoms with van der Waals surface area (Å²) in [6, 6.07) is 11.1. The number of ether oxygens (including phenoxy) is 3. The lowest BCUT2D eigenvalue weighted by Gasteiger charge is -2.31. The molecule has 32 heteroatoms. The number of carbonyl (C=O) groups is 2. The van der Waals surface area contributed by atoms with Gasteiger partial charge in [0.15, 0.2) is 35.7 Å². The predicted octanol–water partition coefficient (Wildman–Crippen LogP) is 0.460. The number of fused-ring (bicyclic) bond motifs is 3. The average Bonchev–Trinajstić information content (AvgIpc) is 4.15. The van der Waals surface area contributed by atoms with Crippen LogP contribution in [0, 0.1) is 0 Å². The van der Waals surface area contributed by atoms with Crippen LogP contribution in [0.4, 0.5) is 20.3 Å². The molecule has 2 saturated heterocycles. The van der Waals surface area contributed by atoms with E-state index < -0.39 is 109 Å². The van der Waals surface area contributed by atoms with Crippen molar-refractivity contribution in [1.82, 2.24) is 38.9 Å². The molecule has 8 heterocycles. The molecule has 2 fully saturated rings. The van der Waals surface area contributed by atoms with Crippen LogP contribution < -0.4 is 22.5 Å². The summed E-state index contributed by atoms with van der Waals surface area (Å²) in [6.07, 6.45) is -8.42. The summed E-state index contributed by atoms with van der Waals surface area (Å²) in [6.45, 7) is -3.10. The van der Waals surface area contributed by atoms with Crippen LogP contribution in [0.5, 0.6) is 0 Å². The van der Waals surface area contributed by atoms with Crippen LogP contribution in [-0.4, -0.2) is 143 Å². The lowest BCUT2D eigenvalue weighted by molar-refractivity contribution is -0.362. The minimum Gasteiger partial charge on any atom is -0.455 e. The highest BCUT2D eigenvalue weighted by atomic mass is 31.2. The average molecular weight is 1070 g/mol. The fourth-order valence-electron chi connectivity index (χ4n) is 9.30. The molecule has 10 N–H and O–H groups in total. The summed E-state index contributed by atoms with van der Waals surface area (Å²) in [5.74, 6) is -2.12. The number of aryl methyl sites for hydroxylation is 1. The third-order valence-corrected chi connectivity index (χ3v) is 14.1. The number of nitrogens with two attached hydrogens (primary N) is 2. The first-order chi connectivity index (χ1) is 35.0. The molecule has 4 aromatic heterocycles. The van der Waals surface area contributed by atoms with Gasteiger partial charge in [0, 0.05) is 49.4 Å². The number of rotatable bonds is 18. The van der Waals surface area contributed by atoms with E-state index in [1.54, 1.807) is 56.3 Å². The highest BCUT2D eigenvalue weighted by molar-refractivity contribution is 7.47. The zero-order valence-electron chi connectivity index (χ0n) is 38.9. The maximum atomic E-state index is 16.2. The van der Waals surface area contributed by atoms with Crippen LogP contribution in [0.15, 0.2) is 89.5 Å². The number of aliphatic hydroxyl groups excluding tert-OH is 2. The van der Waals surface area contributed by atoms with Crippen molar-refractivity contribution >= 4 is 69.1 Å². The summed E-state index contributed by atoms with van der Waals surface area (Å²) in [5, 5.41) is 25.8. The molecule has 1 aromatic carbocycles. The van der Waals surface area contributed by atoms with E-state index in [4.69, 9.17) is 34.7 Å². The van der Waals surface area contributed by atoms with Crippen molar-refractivity contribution < 1.29 is 84.5 Å². The van der Waals surface area contributed by atoms with Crippen molar-refractivity contribution in [2.45, 2.75) is 88.2 Å². The van der Waals surface area contributed by atoms with Gasteiger partial charge < -0.3 is 73.5 Å². The quantitative estimate of drug-likeness (QED) is 0.0336. The zero-order chi connectivity index (χ0) is 53.0. The highest BCUT2D eigenvalue weighted by Crippen LogP contribution is 2.50. The first-order valence-electron chi connectivity index (χ1n) is 22.6. The predicted molar refractivity (Wildman–Crippen MR) is 252 cm³/mol. The van der Waals surface area contributed by atoms with E-state index in [9.17, 15) is 48.4 Å². The second-order valence-electron chi connectivity index (χ2n) is 17.6. The Hall–Kier alpha value is -6.40. The fraction of sp³-hybridized carbons (Fsp3) is 0.381. The number of aliphatic hydroxyl groups is 2. The molecule has 0 radical (unpaired) electrons. The molecule has 9 rings (SSSR count). The molecule has 5 aromatic rings. The van der Waals surface area contributed by atoms with E-state index >= 15 is 8.63 Å². The smallest absolute Gasteiger partial charge is 0.455 e. The van der Waals surface area contributed by atoms with Gasteiger partial charge in [0.05, 0.1) is 19.5 Å². The number of phosphoric acid groups is 2.